The van der Waals surface area contributed by atoms with Crippen molar-refractivity contribution in [2.75, 3.05) is 0 Å². The number of aryl methyl sites for hydroxylation is 2. The first-order valence-electron chi connectivity index (χ1n) is 9.48. The number of benzene rings is 1. The van der Waals surface area contributed by atoms with Crippen molar-refractivity contribution in [2.45, 2.75) is 44.4 Å². The number of hydrogen-bond acceptors (Lipinski definition) is 5. The number of carboxylic acids is 1. The molecule has 0 bridgehead atoms. The van der Waals surface area contributed by atoms with Gasteiger partial charge in [0.2, 0.25) is 5.91 Å². The van der Waals surface area contributed by atoms with Gasteiger partial charge in [-0.3, -0.25) is 14.4 Å². The first-order valence-corrected chi connectivity index (χ1v) is 9.48. The number of aromatic nitrogens is 2. The van der Waals surface area contributed by atoms with E-state index in [0.717, 1.165) is 12.1 Å². The Hall–Kier alpha value is -3.70. The van der Waals surface area contributed by atoms with Crippen molar-refractivity contribution in [3.63, 3.8) is 0 Å². The Balaban J connectivity index is 1.88. The molecule has 2 amide bonds. The maximum absolute atomic E-state index is 12.6. The zero-order chi connectivity index (χ0) is 23.9. The normalized spacial score (nSPS) is 13.1. The first kappa shape index (κ1) is 24.6. The number of halogens is 3. The van der Waals surface area contributed by atoms with Crippen LogP contribution in [0.2, 0.25) is 0 Å². The van der Waals surface area contributed by atoms with E-state index in [1.807, 2.05) is 0 Å². The zero-order valence-electron chi connectivity index (χ0n) is 16.9. The van der Waals surface area contributed by atoms with Gasteiger partial charge in [0.1, 0.15) is 23.8 Å². The number of carbonyl (C=O) groups excluding carboxylic acids is 3. The van der Waals surface area contributed by atoms with E-state index in [0.29, 0.717) is 30.5 Å². The number of rotatable bonds is 10. The summed E-state index contributed by atoms with van der Waals surface area (Å²) in [7, 11) is 0. The SMILES string of the molecule is C[C@H](NC(=O)c1cnc(CCc2ccc(C(F)(F)F)cc2)[nH]1)C(=O)N[C@H](C=O)CC(=O)O. The largest absolute Gasteiger partial charge is 0.481 e. The van der Waals surface area contributed by atoms with Crippen LogP contribution < -0.4 is 10.6 Å². The highest BCUT2D eigenvalue weighted by Crippen LogP contribution is 2.29. The van der Waals surface area contributed by atoms with Crippen LogP contribution in [-0.4, -0.2) is 51.2 Å². The van der Waals surface area contributed by atoms with Crippen LogP contribution in [0, 0.1) is 0 Å². The Bertz CT molecular complexity index is 972. The van der Waals surface area contributed by atoms with Gasteiger partial charge in [-0.25, -0.2) is 4.98 Å². The van der Waals surface area contributed by atoms with Gasteiger partial charge in [0.05, 0.1) is 24.2 Å². The van der Waals surface area contributed by atoms with E-state index in [1.165, 1.54) is 25.3 Å². The topological polar surface area (TPSA) is 141 Å². The van der Waals surface area contributed by atoms with Crippen molar-refractivity contribution in [1.29, 1.82) is 0 Å². The minimum atomic E-state index is -4.40. The van der Waals surface area contributed by atoms with Gasteiger partial charge in [0, 0.05) is 6.42 Å². The van der Waals surface area contributed by atoms with Crippen LogP contribution in [0.25, 0.3) is 0 Å². The number of aromatic amines is 1. The fraction of sp³-hybridized carbons (Fsp3) is 0.350. The van der Waals surface area contributed by atoms with Crippen molar-refractivity contribution < 1.29 is 37.5 Å². The highest BCUT2D eigenvalue weighted by molar-refractivity contribution is 5.96. The van der Waals surface area contributed by atoms with Gasteiger partial charge in [0.25, 0.3) is 5.91 Å². The molecule has 0 aliphatic heterocycles. The third-order valence-electron chi connectivity index (χ3n) is 4.43. The summed E-state index contributed by atoms with van der Waals surface area (Å²) in [5.74, 6) is -2.23. The molecular formula is C20H21F3N4O5. The number of amides is 2. The maximum atomic E-state index is 12.6. The molecule has 0 saturated heterocycles. The molecular weight excluding hydrogens is 433 g/mol. The van der Waals surface area contributed by atoms with E-state index in [4.69, 9.17) is 5.11 Å². The summed E-state index contributed by atoms with van der Waals surface area (Å²) in [4.78, 5) is 52.6. The molecule has 9 nitrogen and oxygen atoms in total. The van der Waals surface area contributed by atoms with Crippen molar-refractivity contribution in [3.05, 3.63) is 53.1 Å². The quantitative estimate of drug-likeness (QED) is 0.401. The van der Waals surface area contributed by atoms with Gasteiger partial charge in [-0.1, -0.05) is 12.1 Å². The number of aldehydes is 1. The summed E-state index contributed by atoms with van der Waals surface area (Å²) >= 11 is 0. The minimum absolute atomic E-state index is 0.0598. The molecule has 32 heavy (non-hydrogen) atoms. The molecule has 172 valence electrons. The minimum Gasteiger partial charge on any atom is -0.481 e. The second kappa shape index (κ2) is 10.6. The average Bonchev–Trinajstić information content (AvgIpc) is 3.20. The smallest absolute Gasteiger partial charge is 0.416 e. The molecule has 4 N–H and O–H groups in total. The molecule has 0 saturated carbocycles. The van der Waals surface area contributed by atoms with Gasteiger partial charge in [0.15, 0.2) is 0 Å². The summed E-state index contributed by atoms with van der Waals surface area (Å²) in [6.45, 7) is 1.36. The van der Waals surface area contributed by atoms with Crippen molar-refractivity contribution in [1.82, 2.24) is 20.6 Å². The third kappa shape index (κ3) is 7.22. The molecule has 1 heterocycles. The molecule has 2 aromatic rings. The lowest BCUT2D eigenvalue weighted by Crippen LogP contribution is -2.49. The maximum Gasteiger partial charge on any atom is 0.416 e. The van der Waals surface area contributed by atoms with Crippen molar-refractivity contribution in [2.24, 2.45) is 0 Å². The van der Waals surface area contributed by atoms with E-state index >= 15 is 0 Å². The Morgan fingerprint density at radius 2 is 1.81 bits per heavy atom. The summed E-state index contributed by atoms with van der Waals surface area (Å²) in [5, 5.41) is 13.3. The van der Waals surface area contributed by atoms with E-state index in [2.05, 4.69) is 20.6 Å². The molecule has 2 atom stereocenters. The lowest BCUT2D eigenvalue weighted by Gasteiger charge is -2.16. The second-order valence-electron chi connectivity index (χ2n) is 6.98. The summed E-state index contributed by atoms with van der Waals surface area (Å²) in [6.07, 6.45) is -2.72. The molecule has 12 heteroatoms. The van der Waals surface area contributed by atoms with Crippen molar-refractivity contribution in [3.8, 4) is 0 Å². The van der Waals surface area contributed by atoms with Crippen LogP contribution in [0.4, 0.5) is 13.2 Å². The first-order chi connectivity index (χ1) is 15.0. The highest BCUT2D eigenvalue weighted by Gasteiger charge is 2.29. The molecule has 0 aliphatic carbocycles. The summed E-state index contributed by atoms with van der Waals surface area (Å²) < 4.78 is 37.8. The van der Waals surface area contributed by atoms with Gasteiger partial charge in [-0.2, -0.15) is 13.2 Å². The number of carbonyl (C=O) groups is 4. The summed E-state index contributed by atoms with van der Waals surface area (Å²) in [5.41, 5.74) is -0.0138. The van der Waals surface area contributed by atoms with Crippen LogP contribution in [0.1, 0.15) is 40.8 Å². The number of imidazole rings is 1. The van der Waals surface area contributed by atoms with Crippen LogP contribution in [0.5, 0.6) is 0 Å². The van der Waals surface area contributed by atoms with E-state index in [9.17, 15) is 32.3 Å². The number of H-pyrrole nitrogens is 1. The molecule has 1 aromatic carbocycles. The van der Waals surface area contributed by atoms with E-state index in [1.54, 1.807) is 0 Å². The number of alkyl halides is 3. The molecule has 2 rings (SSSR count). The van der Waals surface area contributed by atoms with E-state index in [-0.39, 0.29) is 5.69 Å². The third-order valence-corrected chi connectivity index (χ3v) is 4.43. The fourth-order valence-corrected chi connectivity index (χ4v) is 2.70. The molecule has 0 unspecified atom stereocenters. The number of hydrogen-bond donors (Lipinski definition) is 4. The standard InChI is InChI=1S/C20H21F3N4O5/c1-11(18(31)26-14(10-28)8-17(29)30)25-19(32)15-9-24-16(27-15)7-4-12-2-5-13(6-3-12)20(21,22)23/h2-3,5-6,9-11,14H,4,7-8H2,1H3,(H,24,27)(H,25,32)(H,26,31)(H,29,30)/t11-,14-/m0/s1. The zero-order valence-corrected chi connectivity index (χ0v) is 16.9. The monoisotopic (exact) mass is 454 g/mol. The molecule has 0 fully saturated rings. The van der Waals surface area contributed by atoms with Crippen LogP contribution >= 0.6 is 0 Å². The fourth-order valence-electron chi connectivity index (χ4n) is 2.70. The molecule has 1 aromatic heterocycles. The number of carboxylic acid groups (broad SMARTS) is 1. The van der Waals surface area contributed by atoms with Crippen LogP contribution in [0.3, 0.4) is 0 Å². The lowest BCUT2D eigenvalue weighted by atomic mass is 10.1. The Morgan fingerprint density at radius 3 is 2.38 bits per heavy atom. The molecule has 0 aliphatic rings. The number of aliphatic carboxylic acids is 1. The molecule has 0 spiro atoms. The second-order valence-corrected chi connectivity index (χ2v) is 6.98. The highest BCUT2D eigenvalue weighted by atomic mass is 19.4. The number of nitrogens with zero attached hydrogens (tertiary/aromatic N) is 1. The Morgan fingerprint density at radius 1 is 1.16 bits per heavy atom. The van der Waals surface area contributed by atoms with Crippen molar-refractivity contribution >= 4 is 24.1 Å². The lowest BCUT2D eigenvalue weighted by molar-refractivity contribution is -0.139. The van der Waals surface area contributed by atoms with E-state index < -0.39 is 48.0 Å². The Labute approximate surface area is 180 Å². The predicted molar refractivity (Wildman–Crippen MR) is 105 cm³/mol. The van der Waals surface area contributed by atoms with Gasteiger partial charge >= 0.3 is 12.1 Å². The predicted octanol–water partition coefficient (Wildman–Crippen LogP) is 1.49. The average molecular weight is 454 g/mol. The van der Waals surface area contributed by atoms with Gasteiger partial charge in [-0.15, -0.1) is 0 Å². The number of nitrogens with one attached hydrogen (secondary N) is 3. The van der Waals surface area contributed by atoms with Gasteiger partial charge in [-0.05, 0) is 31.0 Å². The Kier molecular flexibility index (Phi) is 8.10. The molecule has 0 radical (unpaired) electrons. The summed E-state index contributed by atoms with van der Waals surface area (Å²) in [6, 6.07) is 2.46. The van der Waals surface area contributed by atoms with Gasteiger partial charge < -0.3 is 25.5 Å². The van der Waals surface area contributed by atoms with Crippen LogP contribution in [-0.2, 0) is 33.4 Å². The van der Waals surface area contributed by atoms with Crippen LogP contribution in [0.15, 0.2) is 30.5 Å².